The minimum atomic E-state index is -4.78. The molecule has 0 saturated carbocycles. The number of aromatic nitrogens is 1. The second kappa shape index (κ2) is 7.65. The summed E-state index contributed by atoms with van der Waals surface area (Å²) in [7, 11) is -1.03. The summed E-state index contributed by atoms with van der Waals surface area (Å²) >= 11 is 1.04. The number of nitrogens with one attached hydrogen (secondary N) is 1. The van der Waals surface area contributed by atoms with Gasteiger partial charge in [0.05, 0.1) is 10.2 Å². The number of amides is 1. The number of rotatable bonds is 5. The number of hydrogen-bond acceptors (Lipinski definition) is 5. The average molecular weight is 414 g/mol. The fraction of sp³-hybridized carbons (Fsp3) is 0.176. The summed E-state index contributed by atoms with van der Waals surface area (Å²) in [6.07, 6.45) is -3.20. The Bertz CT molecular complexity index is 1020. The summed E-state index contributed by atoms with van der Waals surface area (Å²) in [6, 6.07) is 10.5. The molecule has 142 valence electrons. The van der Waals surface area contributed by atoms with Gasteiger partial charge in [-0.2, -0.15) is 0 Å². The van der Waals surface area contributed by atoms with Crippen molar-refractivity contribution in [3.05, 3.63) is 53.6 Å². The highest BCUT2D eigenvalue weighted by Gasteiger charge is 2.31. The minimum Gasteiger partial charge on any atom is -0.406 e. The molecule has 0 aliphatic heterocycles. The third kappa shape index (κ3) is 5.27. The first kappa shape index (κ1) is 19.3. The van der Waals surface area contributed by atoms with Crippen LogP contribution in [0.4, 0.5) is 18.3 Å². The third-order valence-electron chi connectivity index (χ3n) is 3.37. The first-order valence-electron chi connectivity index (χ1n) is 7.56. The summed E-state index contributed by atoms with van der Waals surface area (Å²) < 4.78 is 52.6. The second-order valence-electron chi connectivity index (χ2n) is 5.57. The van der Waals surface area contributed by atoms with E-state index < -0.39 is 23.1 Å². The van der Waals surface area contributed by atoms with E-state index in [9.17, 15) is 22.2 Å². The lowest BCUT2D eigenvalue weighted by atomic mass is 10.1. The van der Waals surface area contributed by atoms with Crippen LogP contribution in [0.25, 0.3) is 10.2 Å². The van der Waals surface area contributed by atoms with Crippen LogP contribution in [0.2, 0.25) is 0 Å². The monoisotopic (exact) mass is 414 g/mol. The van der Waals surface area contributed by atoms with Gasteiger partial charge < -0.3 is 4.74 Å². The lowest BCUT2D eigenvalue weighted by molar-refractivity contribution is -0.274. The molecular formula is C17H13F3N2O3S2. The summed E-state index contributed by atoms with van der Waals surface area (Å²) in [4.78, 5) is 16.6. The van der Waals surface area contributed by atoms with E-state index in [2.05, 4.69) is 15.0 Å². The molecule has 0 aliphatic carbocycles. The van der Waals surface area contributed by atoms with Crippen molar-refractivity contribution in [2.75, 3.05) is 11.6 Å². The van der Waals surface area contributed by atoms with Crippen molar-refractivity contribution in [3.63, 3.8) is 0 Å². The van der Waals surface area contributed by atoms with E-state index in [1.807, 2.05) is 0 Å². The fourth-order valence-corrected chi connectivity index (χ4v) is 3.90. The van der Waals surface area contributed by atoms with Crippen molar-refractivity contribution in [1.82, 2.24) is 4.98 Å². The number of carbonyl (C=O) groups excluding carboxylic acids is 1. The van der Waals surface area contributed by atoms with Crippen LogP contribution in [0, 0.1) is 0 Å². The number of benzene rings is 2. The number of ether oxygens (including phenoxy) is 1. The van der Waals surface area contributed by atoms with Gasteiger partial charge in [-0.15, -0.1) is 13.2 Å². The molecule has 27 heavy (non-hydrogen) atoms. The number of fused-ring (bicyclic) bond motifs is 1. The number of thiazole rings is 1. The van der Waals surface area contributed by atoms with Gasteiger partial charge in [0.1, 0.15) is 5.75 Å². The molecule has 1 unspecified atom stereocenters. The van der Waals surface area contributed by atoms with E-state index in [-0.39, 0.29) is 10.9 Å². The van der Waals surface area contributed by atoms with Gasteiger partial charge in [-0.25, -0.2) is 4.98 Å². The molecule has 0 fully saturated rings. The van der Waals surface area contributed by atoms with Crippen molar-refractivity contribution >= 4 is 43.4 Å². The van der Waals surface area contributed by atoms with E-state index in [1.54, 1.807) is 30.5 Å². The van der Waals surface area contributed by atoms with Crippen molar-refractivity contribution in [3.8, 4) is 5.75 Å². The van der Waals surface area contributed by atoms with Gasteiger partial charge in [0.15, 0.2) is 5.13 Å². The van der Waals surface area contributed by atoms with Crippen molar-refractivity contribution in [2.45, 2.75) is 12.1 Å². The molecule has 1 atom stereocenters. The molecule has 3 aromatic rings. The quantitative estimate of drug-likeness (QED) is 0.675. The molecule has 0 radical (unpaired) electrons. The topological polar surface area (TPSA) is 68.3 Å². The van der Waals surface area contributed by atoms with Gasteiger partial charge in [-0.1, -0.05) is 23.5 Å². The third-order valence-corrected chi connectivity index (χ3v) is 5.05. The zero-order valence-electron chi connectivity index (χ0n) is 13.9. The van der Waals surface area contributed by atoms with E-state index in [0.29, 0.717) is 21.5 Å². The first-order chi connectivity index (χ1) is 12.7. The Morgan fingerprint density at radius 2 is 2.04 bits per heavy atom. The summed E-state index contributed by atoms with van der Waals surface area (Å²) in [5.41, 5.74) is 1.58. The highest BCUT2D eigenvalue weighted by atomic mass is 32.2. The number of nitrogens with zero attached hydrogens (tertiary/aromatic N) is 1. The Morgan fingerprint density at radius 1 is 1.26 bits per heavy atom. The second-order valence-corrected chi connectivity index (χ2v) is 8.03. The van der Waals surface area contributed by atoms with E-state index in [0.717, 1.165) is 23.0 Å². The highest BCUT2D eigenvalue weighted by Crippen LogP contribution is 2.31. The van der Waals surface area contributed by atoms with Crippen LogP contribution in [0.5, 0.6) is 5.75 Å². The summed E-state index contributed by atoms with van der Waals surface area (Å²) in [5.74, 6) is -0.425. The van der Waals surface area contributed by atoms with Crippen LogP contribution in [-0.4, -0.2) is 27.7 Å². The lowest BCUT2D eigenvalue weighted by Gasteiger charge is -2.07. The SMILES string of the molecule is CS(=O)Cc1cccc(C(=O)Nc2nc3ccc(OC(F)(F)F)cc3s2)c1. The zero-order valence-corrected chi connectivity index (χ0v) is 15.5. The Labute approximate surface area is 158 Å². The van der Waals surface area contributed by atoms with Crippen molar-refractivity contribution in [2.24, 2.45) is 0 Å². The van der Waals surface area contributed by atoms with Crippen LogP contribution >= 0.6 is 11.3 Å². The van der Waals surface area contributed by atoms with E-state index in [4.69, 9.17) is 0 Å². The maximum Gasteiger partial charge on any atom is 0.573 e. The molecule has 5 nitrogen and oxygen atoms in total. The first-order valence-corrected chi connectivity index (χ1v) is 10.1. The number of hydrogen-bond donors (Lipinski definition) is 1. The predicted molar refractivity (Wildman–Crippen MR) is 98.5 cm³/mol. The number of alkyl halides is 3. The Hall–Kier alpha value is -2.46. The average Bonchev–Trinajstić information content (AvgIpc) is 2.94. The molecule has 2 aromatic carbocycles. The number of anilines is 1. The van der Waals surface area contributed by atoms with Crippen LogP contribution < -0.4 is 10.1 Å². The molecule has 1 heterocycles. The van der Waals surface area contributed by atoms with Gasteiger partial charge in [0.2, 0.25) is 0 Å². The molecule has 0 spiro atoms. The van der Waals surface area contributed by atoms with Crippen LogP contribution in [0.3, 0.4) is 0 Å². The van der Waals surface area contributed by atoms with Crippen LogP contribution in [0.1, 0.15) is 15.9 Å². The van der Waals surface area contributed by atoms with Crippen LogP contribution in [-0.2, 0) is 16.6 Å². The Kier molecular flexibility index (Phi) is 5.47. The Morgan fingerprint density at radius 3 is 2.74 bits per heavy atom. The van der Waals surface area contributed by atoms with Crippen LogP contribution in [0.15, 0.2) is 42.5 Å². The van der Waals surface area contributed by atoms with Gasteiger partial charge in [-0.05, 0) is 29.8 Å². The van der Waals surface area contributed by atoms with Crippen molar-refractivity contribution < 1.29 is 26.9 Å². The number of carbonyl (C=O) groups is 1. The van der Waals surface area contributed by atoms with E-state index >= 15 is 0 Å². The molecule has 0 aliphatic rings. The van der Waals surface area contributed by atoms with Gasteiger partial charge in [-0.3, -0.25) is 14.3 Å². The fourth-order valence-electron chi connectivity index (χ4n) is 2.36. The molecule has 3 rings (SSSR count). The highest BCUT2D eigenvalue weighted by molar-refractivity contribution is 7.83. The molecule has 0 bridgehead atoms. The standard InChI is InChI=1S/C17H13F3N2O3S2/c1-27(24)9-10-3-2-4-11(7-10)15(23)22-16-21-13-6-5-12(8-14(13)26-16)25-17(18,19)20/h2-8H,9H2,1H3,(H,21,22,23). The number of halogens is 3. The normalized spacial score (nSPS) is 12.7. The molecule has 0 saturated heterocycles. The molecule has 1 aromatic heterocycles. The maximum atomic E-state index is 12.4. The minimum absolute atomic E-state index is 0.253. The summed E-state index contributed by atoms with van der Waals surface area (Å²) in [6.45, 7) is 0. The van der Waals surface area contributed by atoms with E-state index in [1.165, 1.54) is 12.1 Å². The largest absolute Gasteiger partial charge is 0.573 e. The molecule has 1 amide bonds. The summed E-state index contributed by atoms with van der Waals surface area (Å²) in [5, 5.41) is 2.88. The molecular weight excluding hydrogens is 401 g/mol. The van der Waals surface area contributed by atoms with Gasteiger partial charge in [0, 0.05) is 34.4 Å². The lowest BCUT2D eigenvalue weighted by Crippen LogP contribution is -2.16. The molecule has 1 N–H and O–H groups in total. The molecule has 10 heteroatoms. The Balaban J connectivity index is 1.78. The van der Waals surface area contributed by atoms with Gasteiger partial charge >= 0.3 is 6.36 Å². The zero-order chi connectivity index (χ0) is 19.6. The maximum absolute atomic E-state index is 12.4. The van der Waals surface area contributed by atoms with Crippen molar-refractivity contribution in [1.29, 1.82) is 0 Å². The predicted octanol–water partition coefficient (Wildman–Crippen LogP) is 4.33. The smallest absolute Gasteiger partial charge is 0.406 e. The van der Waals surface area contributed by atoms with Gasteiger partial charge in [0.25, 0.3) is 5.91 Å².